The van der Waals surface area contributed by atoms with Crippen LogP contribution in [0.15, 0.2) is 47.4 Å². The van der Waals surface area contributed by atoms with Crippen molar-refractivity contribution >= 4 is 10.0 Å². The van der Waals surface area contributed by atoms with Gasteiger partial charge in [0.2, 0.25) is 16.8 Å². The minimum Gasteiger partial charge on any atom is -0.490 e. The Morgan fingerprint density at radius 3 is 2.63 bits per heavy atom. The SMILES string of the molecule is CCc1cccc(OC2CCN(S(=O)(=O)c3ccc4c(c3)OCO4)CC2)c1. The van der Waals surface area contributed by atoms with Crippen molar-refractivity contribution in [2.45, 2.75) is 37.2 Å². The highest BCUT2D eigenvalue weighted by molar-refractivity contribution is 7.89. The van der Waals surface area contributed by atoms with Crippen LogP contribution in [0, 0.1) is 0 Å². The molecule has 2 aromatic rings. The lowest BCUT2D eigenvalue weighted by Gasteiger charge is -2.31. The second kappa shape index (κ2) is 7.40. The summed E-state index contributed by atoms with van der Waals surface area (Å²) < 4.78 is 44.0. The van der Waals surface area contributed by atoms with Gasteiger partial charge in [0.05, 0.1) is 4.90 Å². The molecule has 2 aliphatic rings. The van der Waals surface area contributed by atoms with E-state index in [1.54, 1.807) is 12.1 Å². The molecule has 6 nitrogen and oxygen atoms in total. The maximum absolute atomic E-state index is 12.9. The highest BCUT2D eigenvalue weighted by Crippen LogP contribution is 2.35. The Hall–Kier alpha value is -2.25. The van der Waals surface area contributed by atoms with Crippen LogP contribution in [0.25, 0.3) is 0 Å². The number of benzene rings is 2. The van der Waals surface area contributed by atoms with Crippen LogP contribution in [-0.2, 0) is 16.4 Å². The molecule has 0 radical (unpaired) electrons. The van der Waals surface area contributed by atoms with Gasteiger partial charge >= 0.3 is 0 Å². The van der Waals surface area contributed by atoms with Gasteiger partial charge in [0, 0.05) is 19.2 Å². The van der Waals surface area contributed by atoms with E-state index in [2.05, 4.69) is 19.1 Å². The van der Waals surface area contributed by atoms with Crippen molar-refractivity contribution in [1.82, 2.24) is 4.31 Å². The number of aryl methyl sites for hydroxylation is 1. The topological polar surface area (TPSA) is 65.1 Å². The molecule has 0 spiro atoms. The summed E-state index contributed by atoms with van der Waals surface area (Å²) >= 11 is 0. The number of piperidine rings is 1. The van der Waals surface area contributed by atoms with E-state index < -0.39 is 10.0 Å². The highest BCUT2D eigenvalue weighted by atomic mass is 32.2. The van der Waals surface area contributed by atoms with Gasteiger partial charge in [-0.05, 0) is 49.1 Å². The Kier molecular flexibility index (Phi) is 4.97. The summed E-state index contributed by atoms with van der Waals surface area (Å²) in [6, 6.07) is 12.8. The summed E-state index contributed by atoms with van der Waals surface area (Å²) in [7, 11) is -3.55. The van der Waals surface area contributed by atoms with Crippen LogP contribution < -0.4 is 14.2 Å². The predicted molar refractivity (Wildman–Crippen MR) is 101 cm³/mol. The van der Waals surface area contributed by atoms with Crippen LogP contribution in [0.1, 0.15) is 25.3 Å². The van der Waals surface area contributed by atoms with Gasteiger partial charge in [-0.1, -0.05) is 19.1 Å². The summed E-state index contributed by atoms with van der Waals surface area (Å²) in [6.07, 6.45) is 2.32. The van der Waals surface area contributed by atoms with E-state index in [0.29, 0.717) is 37.4 Å². The van der Waals surface area contributed by atoms with Crippen LogP contribution in [-0.4, -0.2) is 38.7 Å². The van der Waals surface area contributed by atoms with Crippen molar-refractivity contribution in [3.05, 3.63) is 48.0 Å². The zero-order valence-electron chi connectivity index (χ0n) is 15.3. The standard InChI is InChI=1S/C20H23NO5S/c1-2-15-4-3-5-17(12-15)26-16-8-10-21(11-9-16)27(22,23)18-6-7-19-20(13-18)25-14-24-19/h3-7,12-13,16H,2,8-11,14H2,1H3. The van der Waals surface area contributed by atoms with Crippen molar-refractivity contribution in [2.24, 2.45) is 0 Å². The Bertz CT molecular complexity index is 920. The van der Waals surface area contributed by atoms with E-state index in [1.807, 2.05) is 12.1 Å². The maximum atomic E-state index is 12.9. The lowest BCUT2D eigenvalue weighted by Crippen LogP contribution is -2.41. The van der Waals surface area contributed by atoms with Gasteiger partial charge in [0.1, 0.15) is 11.9 Å². The minimum atomic E-state index is -3.55. The molecule has 0 N–H and O–H groups in total. The molecule has 0 saturated carbocycles. The van der Waals surface area contributed by atoms with Gasteiger partial charge in [0.25, 0.3) is 0 Å². The van der Waals surface area contributed by atoms with E-state index in [4.69, 9.17) is 14.2 Å². The Morgan fingerprint density at radius 2 is 1.85 bits per heavy atom. The number of hydrogen-bond donors (Lipinski definition) is 0. The molecule has 2 aliphatic heterocycles. The van der Waals surface area contributed by atoms with Crippen LogP contribution in [0.4, 0.5) is 0 Å². The van der Waals surface area contributed by atoms with Crippen molar-refractivity contribution in [3.8, 4) is 17.2 Å². The second-order valence-corrected chi connectivity index (χ2v) is 8.68. The molecule has 1 fully saturated rings. The van der Waals surface area contributed by atoms with Gasteiger partial charge in [0.15, 0.2) is 11.5 Å². The molecule has 0 amide bonds. The summed E-state index contributed by atoms with van der Waals surface area (Å²) in [5.41, 5.74) is 1.23. The summed E-state index contributed by atoms with van der Waals surface area (Å²) in [4.78, 5) is 0.238. The predicted octanol–water partition coefficient (Wildman–Crippen LogP) is 3.21. The second-order valence-electron chi connectivity index (χ2n) is 6.74. The molecule has 4 rings (SSSR count). The van der Waals surface area contributed by atoms with Gasteiger partial charge in [-0.25, -0.2) is 8.42 Å². The lowest BCUT2D eigenvalue weighted by atomic mass is 10.1. The average molecular weight is 389 g/mol. The van der Waals surface area contributed by atoms with Gasteiger partial charge in [-0.2, -0.15) is 4.31 Å². The third-order valence-corrected chi connectivity index (χ3v) is 6.89. The molecular weight excluding hydrogens is 366 g/mol. The average Bonchev–Trinajstić information content (AvgIpc) is 3.16. The molecule has 0 aliphatic carbocycles. The third kappa shape index (κ3) is 3.75. The molecule has 0 atom stereocenters. The summed E-state index contributed by atoms with van der Waals surface area (Å²) in [5.74, 6) is 1.91. The number of nitrogens with zero attached hydrogens (tertiary/aromatic N) is 1. The maximum Gasteiger partial charge on any atom is 0.243 e. The monoisotopic (exact) mass is 389 g/mol. The third-order valence-electron chi connectivity index (χ3n) is 4.99. The summed E-state index contributed by atoms with van der Waals surface area (Å²) in [6.45, 7) is 3.11. The van der Waals surface area contributed by atoms with Crippen molar-refractivity contribution < 1.29 is 22.6 Å². The van der Waals surface area contributed by atoms with E-state index in [1.165, 1.54) is 15.9 Å². The van der Waals surface area contributed by atoms with Crippen LogP contribution in [0.2, 0.25) is 0 Å². The van der Waals surface area contributed by atoms with Gasteiger partial charge in [-0.15, -0.1) is 0 Å². The van der Waals surface area contributed by atoms with Crippen molar-refractivity contribution in [2.75, 3.05) is 19.9 Å². The largest absolute Gasteiger partial charge is 0.490 e. The van der Waals surface area contributed by atoms with E-state index >= 15 is 0 Å². The Morgan fingerprint density at radius 1 is 1.07 bits per heavy atom. The quantitative estimate of drug-likeness (QED) is 0.786. The molecule has 27 heavy (non-hydrogen) atoms. The highest BCUT2D eigenvalue weighted by Gasteiger charge is 2.31. The van der Waals surface area contributed by atoms with E-state index in [-0.39, 0.29) is 17.8 Å². The first kappa shape index (κ1) is 18.1. The van der Waals surface area contributed by atoms with Gasteiger partial charge < -0.3 is 14.2 Å². The molecule has 2 aromatic carbocycles. The Labute approximate surface area is 159 Å². The Balaban J connectivity index is 1.41. The van der Waals surface area contributed by atoms with Crippen molar-refractivity contribution in [3.63, 3.8) is 0 Å². The number of hydrogen-bond acceptors (Lipinski definition) is 5. The number of rotatable bonds is 5. The first-order valence-corrected chi connectivity index (χ1v) is 10.7. The molecule has 144 valence electrons. The number of fused-ring (bicyclic) bond motifs is 1. The fourth-order valence-electron chi connectivity index (χ4n) is 3.41. The minimum absolute atomic E-state index is 0.0281. The molecule has 1 saturated heterocycles. The van der Waals surface area contributed by atoms with Crippen LogP contribution >= 0.6 is 0 Å². The first-order chi connectivity index (χ1) is 13.1. The van der Waals surface area contributed by atoms with Crippen LogP contribution in [0.5, 0.6) is 17.2 Å². The fourth-order valence-corrected chi connectivity index (χ4v) is 4.89. The lowest BCUT2D eigenvalue weighted by molar-refractivity contribution is 0.135. The summed E-state index contributed by atoms with van der Waals surface area (Å²) in [5, 5.41) is 0. The zero-order chi connectivity index (χ0) is 18.9. The molecule has 0 bridgehead atoms. The van der Waals surface area contributed by atoms with E-state index in [9.17, 15) is 8.42 Å². The molecule has 0 unspecified atom stereocenters. The normalized spacial score (nSPS) is 17.8. The zero-order valence-corrected chi connectivity index (χ0v) is 16.1. The molecule has 0 aromatic heterocycles. The number of ether oxygens (including phenoxy) is 3. The van der Waals surface area contributed by atoms with Crippen LogP contribution in [0.3, 0.4) is 0 Å². The molecule has 7 heteroatoms. The first-order valence-electron chi connectivity index (χ1n) is 9.21. The smallest absolute Gasteiger partial charge is 0.243 e. The fraction of sp³-hybridized carbons (Fsp3) is 0.400. The number of sulfonamides is 1. The van der Waals surface area contributed by atoms with Crippen molar-refractivity contribution in [1.29, 1.82) is 0 Å². The van der Waals surface area contributed by atoms with Gasteiger partial charge in [-0.3, -0.25) is 0 Å². The molecule has 2 heterocycles. The molecular formula is C20H23NO5S. The van der Waals surface area contributed by atoms with E-state index in [0.717, 1.165) is 12.2 Å².